The summed E-state index contributed by atoms with van der Waals surface area (Å²) in [6, 6.07) is 10.1. The van der Waals surface area contributed by atoms with Gasteiger partial charge in [-0.3, -0.25) is 9.20 Å². The molecule has 3 N–H and O–H groups in total. The molecule has 170 valence electrons. The molecule has 1 saturated heterocycles. The number of carbonyl (C=O) groups is 1. The van der Waals surface area contributed by atoms with Crippen LogP contribution in [0.5, 0.6) is 0 Å². The molecular formula is C24H25N5O4. The van der Waals surface area contributed by atoms with E-state index in [-0.39, 0.29) is 23.0 Å². The van der Waals surface area contributed by atoms with Crippen LogP contribution in [0.3, 0.4) is 0 Å². The lowest BCUT2D eigenvalue weighted by Crippen LogP contribution is -2.40. The van der Waals surface area contributed by atoms with Gasteiger partial charge in [-0.2, -0.15) is 5.26 Å². The zero-order valence-corrected chi connectivity index (χ0v) is 18.4. The van der Waals surface area contributed by atoms with Gasteiger partial charge in [-0.25, -0.2) is 9.78 Å². The Morgan fingerprint density at radius 2 is 2.12 bits per heavy atom. The van der Waals surface area contributed by atoms with Gasteiger partial charge in [0, 0.05) is 30.5 Å². The van der Waals surface area contributed by atoms with Crippen LogP contribution in [-0.2, 0) is 0 Å². The number of aliphatic hydroxyl groups excluding tert-OH is 1. The van der Waals surface area contributed by atoms with E-state index < -0.39 is 17.6 Å². The van der Waals surface area contributed by atoms with E-state index in [1.54, 1.807) is 29.3 Å². The Bertz CT molecular complexity index is 1330. The summed E-state index contributed by atoms with van der Waals surface area (Å²) >= 11 is 0. The van der Waals surface area contributed by atoms with Crippen LogP contribution in [0.1, 0.15) is 52.9 Å². The number of benzene rings is 1. The molecule has 0 saturated carbocycles. The first-order valence-electron chi connectivity index (χ1n) is 10.8. The Morgan fingerprint density at radius 3 is 2.82 bits per heavy atom. The van der Waals surface area contributed by atoms with Crippen molar-refractivity contribution in [2.45, 2.75) is 38.8 Å². The Kier molecular flexibility index (Phi) is 6.03. The molecule has 3 aromatic rings. The lowest BCUT2D eigenvalue weighted by molar-refractivity contribution is 0.0698. The number of aromatic nitrogens is 2. The molecular weight excluding hydrogens is 422 g/mol. The van der Waals surface area contributed by atoms with Crippen LogP contribution in [0, 0.1) is 18.3 Å². The third kappa shape index (κ3) is 4.25. The van der Waals surface area contributed by atoms with Crippen LogP contribution < -0.4 is 15.8 Å². The number of nitriles is 1. The standard InChI is InChI=1S/C24H25N5O4/c1-14-10-18(15(2)26-20-8-4-3-7-17(20)24(32)33)22-27-21(28-9-5-6-16(30)13-28)19(11-25)23(31)29(22)12-14/h3-4,7-8,10,12,15-16,26,30H,5-6,9,13H2,1-2H3,(H,32,33)/t15-,16?/m1/s1. The largest absolute Gasteiger partial charge is 0.478 e. The molecule has 0 spiro atoms. The predicted octanol–water partition coefficient (Wildman–Crippen LogP) is 2.71. The molecule has 4 rings (SSSR count). The number of fused-ring (bicyclic) bond motifs is 1. The fraction of sp³-hybridized carbons (Fsp3) is 0.333. The van der Waals surface area contributed by atoms with Crippen molar-refractivity contribution in [3.63, 3.8) is 0 Å². The Morgan fingerprint density at radius 1 is 1.36 bits per heavy atom. The molecule has 1 aliphatic heterocycles. The number of nitrogens with one attached hydrogen (secondary N) is 1. The number of aryl methyl sites for hydroxylation is 1. The molecule has 33 heavy (non-hydrogen) atoms. The normalized spacial score (nSPS) is 16.9. The van der Waals surface area contributed by atoms with Gasteiger partial charge < -0.3 is 20.4 Å². The number of hydrogen-bond acceptors (Lipinski definition) is 7. The van der Waals surface area contributed by atoms with Gasteiger partial charge in [0.05, 0.1) is 17.7 Å². The van der Waals surface area contributed by atoms with Crippen LogP contribution in [0.25, 0.3) is 5.65 Å². The molecule has 9 heteroatoms. The first kappa shape index (κ1) is 22.3. The van der Waals surface area contributed by atoms with E-state index in [9.17, 15) is 25.1 Å². The maximum atomic E-state index is 13.2. The Balaban J connectivity index is 1.86. The lowest BCUT2D eigenvalue weighted by Gasteiger charge is -2.31. The smallest absolute Gasteiger partial charge is 0.337 e. The topological polar surface area (TPSA) is 131 Å². The Labute approximate surface area is 190 Å². The number of para-hydroxylation sites is 1. The van der Waals surface area contributed by atoms with Crippen LogP contribution in [-0.4, -0.2) is 44.8 Å². The van der Waals surface area contributed by atoms with E-state index in [1.807, 2.05) is 26.0 Å². The van der Waals surface area contributed by atoms with Gasteiger partial charge in [0.15, 0.2) is 11.4 Å². The maximum absolute atomic E-state index is 13.2. The first-order valence-corrected chi connectivity index (χ1v) is 10.8. The fourth-order valence-corrected chi connectivity index (χ4v) is 4.30. The summed E-state index contributed by atoms with van der Waals surface area (Å²) < 4.78 is 1.37. The van der Waals surface area contributed by atoms with Crippen LogP contribution >= 0.6 is 0 Å². The third-order valence-corrected chi connectivity index (χ3v) is 5.87. The molecule has 2 aromatic heterocycles. The van der Waals surface area contributed by atoms with Gasteiger partial charge in [0.25, 0.3) is 5.56 Å². The van der Waals surface area contributed by atoms with E-state index in [0.717, 1.165) is 12.0 Å². The SMILES string of the molecule is Cc1cc([C@@H](C)Nc2ccccc2C(=O)O)c2nc(N3CCCC(O)C3)c(C#N)c(=O)n2c1. The second-order valence-corrected chi connectivity index (χ2v) is 8.35. The molecule has 2 atom stereocenters. The minimum Gasteiger partial charge on any atom is -0.478 e. The van der Waals surface area contributed by atoms with Gasteiger partial charge in [0.1, 0.15) is 11.7 Å². The summed E-state index contributed by atoms with van der Waals surface area (Å²) in [6.45, 7) is 4.60. The molecule has 1 unspecified atom stereocenters. The predicted molar refractivity (Wildman–Crippen MR) is 124 cm³/mol. The van der Waals surface area contributed by atoms with Crippen molar-refractivity contribution in [3.05, 3.63) is 69.1 Å². The van der Waals surface area contributed by atoms with Crippen molar-refractivity contribution in [2.75, 3.05) is 23.3 Å². The van der Waals surface area contributed by atoms with Crippen LogP contribution in [0.4, 0.5) is 11.5 Å². The number of aliphatic hydroxyl groups is 1. The zero-order chi connectivity index (χ0) is 23.7. The molecule has 0 aliphatic carbocycles. The van der Waals surface area contributed by atoms with Crippen molar-refractivity contribution in [3.8, 4) is 6.07 Å². The molecule has 3 heterocycles. The summed E-state index contributed by atoms with van der Waals surface area (Å²) in [5.74, 6) is -0.775. The first-order chi connectivity index (χ1) is 15.8. The number of hydrogen-bond donors (Lipinski definition) is 3. The maximum Gasteiger partial charge on any atom is 0.337 e. The monoisotopic (exact) mass is 447 g/mol. The summed E-state index contributed by atoms with van der Waals surface area (Å²) in [5, 5.41) is 32.6. The second-order valence-electron chi connectivity index (χ2n) is 8.35. The molecule has 1 aromatic carbocycles. The third-order valence-electron chi connectivity index (χ3n) is 5.87. The van der Waals surface area contributed by atoms with Crippen molar-refractivity contribution < 1.29 is 15.0 Å². The summed E-state index contributed by atoms with van der Waals surface area (Å²) in [7, 11) is 0. The molecule has 0 amide bonds. The van der Waals surface area contributed by atoms with Gasteiger partial charge in [-0.05, 0) is 50.5 Å². The van der Waals surface area contributed by atoms with E-state index in [1.165, 1.54) is 10.5 Å². The Hall–Kier alpha value is -3.90. The highest BCUT2D eigenvalue weighted by Crippen LogP contribution is 2.28. The van der Waals surface area contributed by atoms with Crippen molar-refractivity contribution in [1.29, 1.82) is 5.26 Å². The number of pyridine rings is 1. The second kappa shape index (κ2) is 8.92. The number of rotatable bonds is 5. The highest BCUT2D eigenvalue weighted by Gasteiger charge is 2.25. The van der Waals surface area contributed by atoms with E-state index in [4.69, 9.17) is 4.98 Å². The van der Waals surface area contributed by atoms with E-state index in [2.05, 4.69) is 5.32 Å². The number of aromatic carboxylic acids is 1. The zero-order valence-electron chi connectivity index (χ0n) is 18.4. The van der Waals surface area contributed by atoms with Crippen molar-refractivity contribution >= 4 is 23.1 Å². The minimum atomic E-state index is -1.04. The quantitative estimate of drug-likeness (QED) is 0.544. The highest BCUT2D eigenvalue weighted by atomic mass is 16.4. The summed E-state index contributed by atoms with van der Waals surface area (Å²) in [5.41, 5.74) is 1.93. The van der Waals surface area contributed by atoms with Crippen molar-refractivity contribution in [1.82, 2.24) is 9.38 Å². The molecule has 1 fully saturated rings. The molecule has 0 radical (unpaired) electrons. The summed E-state index contributed by atoms with van der Waals surface area (Å²) in [6.07, 6.45) is 2.50. The number of piperidine rings is 1. The van der Waals surface area contributed by atoms with Crippen molar-refractivity contribution in [2.24, 2.45) is 0 Å². The average molecular weight is 447 g/mol. The minimum absolute atomic E-state index is 0.0602. The van der Waals surface area contributed by atoms with Gasteiger partial charge in [-0.1, -0.05) is 12.1 Å². The molecule has 1 aliphatic rings. The van der Waals surface area contributed by atoms with E-state index >= 15 is 0 Å². The number of nitrogens with zero attached hydrogens (tertiary/aromatic N) is 4. The number of carboxylic acid groups (broad SMARTS) is 1. The summed E-state index contributed by atoms with van der Waals surface area (Å²) in [4.78, 5) is 31.4. The lowest BCUT2D eigenvalue weighted by atomic mass is 10.1. The van der Waals surface area contributed by atoms with Gasteiger partial charge >= 0.3 is 5.97 Å². The number of carboxylic acids is 1. The molecule has 9 nitrogen and oxygen atoms in total. The van der Waals surface area contributed by atoms with Gasteiger partial charge in [0.2, 0.25) is 0 Å². The van der Waals surface area contributed by atoms with Crippen LogP contribution in [0.2, 0.25) is 0 Å². The average Bonchev–Trinajstić information content (AvgIpc) is 2.79. The number of β-amino-alcohol motifs (C(OH)–C–C–N with tert-alkyl or cyclic N) is 1. The van der Waals surface area contributed by atoms with Gasteiger partial charge in [-0.15, -0.1) is 0 Å². The number of anilines is 2. The fourth-order valence-electron chi connectivity index (χ4n) is 4.30. The highest BCUT2D eigenvalue weighted by molar-refractivity contribution is 5.94. The van der Waals surface area contributed by atoms with Crippen LogP contribution in [0.15, 0.2) is 41.3 Å². The van der Waals surface area contributed by atoms with E-state index in [0.29, 0.717) is 36.4 Å². The molecule has 0 bridgehead atoms.